The van der Waals surface area contributed by atoms with Crippen molar-refractivity contribution in [3.05, 3.63) is 28.4 Å². The largest absolute Gasteiger partial charge is 0.459 e. The minimum atomic E-state index is -4.62. The maximum atomic E-state index is 13.3. The number of ether oxygens (including phenoxy) is 1. The number of halogens is 4. The molecule has 120 valence electrons. The summed E-state index contributed by atoms with van der Waals surface area (Å²) in [6, 6.07) is 4.29. The maximum Gasteiger partial charge on any atom is 0.433 e. The number of esters is 1. The normalized spacial score (nSPS) is 12.7. The van der Waals surface area contributed by atoms with Gasteiger partial charge in [0, 0.05) is 9.86 Å². The number of benzene rings is 1. The first-order valence-electron chi connectivity index (χ1n) is 6.42. The molecule has 4 nitrogen and oxygen atoms in total. The van der Waals surface area contributed by atoms with E-state index in [1.54, 1.807) is 20.8 Å². The molecule has 0 spiro atoms. The highest BCUT2D eigenvalue weighted by molar-refractivity contribution is 9.10. The summed E-state index contributed by atoms with van der Waals surface area (Å²) in [4.78, 5) is 11.8. The van der Waals surface area contributed by atoms with Crippen LogP contribution in [0.2, 0.25) is 0 Å². The molecule has 0 aliphatic carbocycles. The van der Waals surface area contributed by atoms with E-state index >= 15 is 0 Å². The molecule has 0 bridgehead atoms. The molecule has 0 aliphatic heterocycles. The van der Waals surface area contributed by atoms with E-state index in [0.717, 1.165) is 0 Å². The second-order valence-corrected chi connectivity index (χ2v) is 6.67. The Hall–Kier alpha value is -1.57. The molecule has 1 heterocycles. The van der Waals surface area contributed by atoms with E-state index in [0.29, 0.717) is 9.15 Å². The monoisotopic (exact) mass is 378 g/mol. The Bertz CT molecular complexity index is 717. The van der Waals surface area contributed by atoms with Gasteiger partial charge < -0.3 is 4.74 Å². The number of fused-ring (bicyclic) bond motifs is 1. The molecule has 8 heteroatoms. The Morgan fingerprint density at radius 1 is 1.32 bits per heavy atom. The molecule has 0 atom stereocenters. The Labute approximate surface area is 133 Å². The first kappa shape index (κ1) is 16.8. The number of rotatable bonds is 2. The Balaban J connectivity index is 2.46. The van der Waals surface area contributed by atoms with Crippen LogP contribution in [-0.4, -0.2) is 21.4 Å². The molecule has 0 radical (unpaired) electrons. The molecule has 0 unspecified atom stereocenters. The zero-order valence-corrected chi connectivity index (χ0v) is 13.7. The molecule has 2 rings (SSSR count). The number of hydrogen-bond acceptors (Lipinski definition) is 3. The van der Waals surface area contributed by atoms with E-state index in [9.17, 15) is 18.0 Å². The average Bonchev–Trinajstić information content (AvgIpc) is 2.62. The fourth-order valence-electron chi connectivity index (χ4n) is 2.02. The van der Waals surface area contributed by atoms with Gasteiger partial charge in [0.15, 0.2) is 5.69 Å². The fourth-order valence-corrected chi connectivity index (χ4v) is 2.37. The van der Waals surface area contributed by atoms with Gasteiger partial charge in [0.25, 0.3) is 0 Å². The van der Waals surface area contributed by atoms with Crippen molar-refractivity contribution >= 4 is 32.8 Å². The zero-order valence-electron chi connectivity index (χ0n) is 12.2. The first-order chi connectivity index (χ1) is 9.97. The van der Waals surface area contributed by atoms with Gasteiger partial charge in [-0.05, 0) is 39.0 Å². The molecule has 0 N–H and O–H groups in total. The Kier molecular flexibility index (Phi) is 4.25. The second kappa shape index (κ2) is 5.57. The van der Waals surface area contributed by atoms with Gasteiger partial charge in [0.1, 0.15) is 12.1 Å². The summed E-state index contributed by atoms with van der Waals surface area (Å²) >= 11 is 3.19. The van der Waals surface area contributed by atoms with E-state index in [2.05, 4.69) is 21.0 Å². The molecule has 0 saturated carbocycles. The lowest BCUT2D eigenvalue weighted by Crippen LogP contribution is -2.28. The Morgan fingerprint density at radius 2 is 1.95 bits per heavy atom. The van der Waals surface area contributed by atoms with Gasteiger partial charge in [0.05, 0.1) is 5.52 Å². The lowest BCUT2D eigenvalue weighted by Gasteiger charge is -2.20. The summed E-state index contributed by atoms with van der Waals surface area (Å²) in [6.45, 7) is 4.34. The van der Waals surface area contributed by atoms with Crippen LogP contribution in [0, 0.1) is 0 Å². The molecule has 0 aliphatic rings. The summed E-state index contributed by atoms with van der Waals surface area (Å²) in [5, 5.41) is 3.82. The topological polar surface area (TPSA) is 44.1 Å². The van der Waals surface area contributed by atoms with Gasteiger partial charge in [-0.1, -0.05) is 15.9 Å². The van der Waals surface area contributed by atoms with Gasteiger partial charge >= 0.3 is 12.1 Å². The minimum Gasteiger partial charge on any atom is -0.459 e. The van der Waals surface area contributed by atoms with E-state index in [4.69, 9.17) is 4.74 Å². The molecule has 0 fully saturated rings. The van der Waals surface area contributed by atoms with Crippen molar-refractivity contribution in [2.75, 3.05) is 0 Å². The number of nitrogens with zero attached hydrogens (tertiary/aromatic N) is 2. The van der Waals surface area contributed by atoms with Crippen LogP contribution in [0.15, 0.2) is 22.7 Å². The predicted molar refractivity (Wildman–Crippen MR) is 78.3 cm³/mol. The van der Waals surface area contributed by atoms with Crippen molar-refractivity contribution in [3.63, 3.8) is 0 Å². The van der Waals surface area contributed by atoms with Gasteiger partial charge in [-0.25, -0.2) is 4.68 Å². The molecular formula is C14H14BrF3N2O2. The first-order valence-corrected chi connectivity index (χ1v) is 7.22. The lowest BCUT2D eigenvalue weighted by atomic mass is 10.2. The van der Waals surface area contributed by atoms with E-state index in [-0.39, 0.29) is 10.9 Å². The predicted octanol–water partition coefficient (Wildman–Crippen LogP) is 4.16. The van der Waals surface area contributed by atoms with Crippen LogP contribution in [0.1, 0.15) is 26.5 Å². The quantitative estimate of drug-likeness (QED) is 0.737. The third kappa shape index (κ3) is 3.79. The third-order valence-electron chi connectivity index (χ3n) is 2.67. The van der Waals surface area contributed by atoms with E-state index in [1.807, 2.05) is 0 Å². The zero-order chi connectivity index (χ0) is 16.7. The SMILES string of the molecule is CC(C)(C)OC(=O)Cn1nc2cc(Br)ccc2c1C(F)(F)F. The van der Waals surface area contributed by atoms with Crippen molar-refractivity contribution in [1.82, 2.24) is 9.78 Å². The molecule has 22 heavy (non-hydrogen) atoms. The molecule has 0 amide bonds. The second-order valence-electron chi connectivity index (χ2n) is 5.75. The summed E-state index contributed by atoms with van der Waals surface area (Å²) in [5.74, 6) is -0.773. The average molecular weight is 379 g/mol. The molecule has 1 aromatic carbocycles. The van der Waals surface area contributed by atoms with Crippen LogP contribution < -0.4 is 0 Å². The summed E-state index contributed by atoms with van der Waals surface area (Å²) in [5.41, 5.74) is -1.57. The smallest absolute Gasteiger partial charge is 0.433 e. The highest BCUT2D eigenvalue weighted by Crippen LogP contribution is 2.35. The van der Waals surface area contributed by atoms with Crippen LogP contribution in [0.25, 0.3) is 10.9 Å². The molecule has 0 saturated heterocycles. The van der Waals surface area contributed by atoms with Crippen molar-refractivity contribution in [3.8, 4) is 0 Å². The number of aromatic nitrogens is 2. The van der Waals surface area contributed by atoms with Crippen LogP contribution >= 0.6 is 15.9 Å². The lowest BCUT2D eigenvalue weighted by molar-refractivity contribution is -0.157. The van der Waals surface area contributed by atoms with E-state index < -0.39 is 30.0 Å². The van der Waals surface area contributed by atoms with Gasteiger partial charge in [-0.3, -0.25) is 4.79 Å². The number of carbonyl (C=O) groups excluding carboxylic acids is 1. The minimum absolute atomic E-state index is 0.0562. The summed E-state index contributed by atoms with van der Waals surface area (Å²) in [7, 11) is 0. The number of carbonyl (C=O) groups is 1. The molecule has 2 aromatic rings. The van der Waals surface area contributed by atoms with Crippen molar-refractivity contribution in [1.29, 1.82) is 0 Å². The standard InChI is InChI=1S/C14H14BrF3N2O2/c1-13(2,3)22-11(21)7-20-12(14(16,17)18)9-5-4-8(15)6-10(9)19-20/h4-6H,7H2,1-3H3. The summed E-state index contributed by atoms with van der Waals surface area (Å²) < 4.78 is 46.1. The van der Waals surface area contributed by atoms with Gasteiger partial charge in [-0.15, -0.1) is 0 Å². The van der Waals surface area contributed by atoms with Crippen molar-refractivity contribution < 1.29 is 22.7 Å². The van der Waals surface area contributed by atoms with Gasteiger partial charge in [0.2, 0.25) is 0 Å². The van der Waals surface area contributed by atoms with Crippen LogP contribution in [0.3, 0.4) is 0 Å². The van der Waals surface area contributed by atoms with Crippen LogP contribution in [-0.2, 0) is 22.3 Å². The molecule has 1 aromatic heterocycles. The van der Waals surface area contributed by atoms with Crippen molar-refractivity contribution in [2.45, 2.75) is 39.1 Å². The van der Waals surface area contributed by atoms with Crippen LogP contribution in [0.4, 0.5) is 13.2 Å². The van der Waals surface area contributed by atoms with E-state index in [1.165, 1.54) is 18.2 Å². The third-order valence-corrected chi connectivity index (χ3v) is 3.16. The van der Waals surface area contributed by atoms with Crippen LogP contribution in [0.5, 0.6) is 0 Å². The van der Waals surface area contributed by atoms with Crippen molar-refractivity contribution in [2.24, 2.45) is 0 Å². The highest BCUT2D eigenvalue weighted by Gasteiger charge is 2.38. The maximum absolute atomic E-state index is 13.3. The summed E-state index contributed by atoms with van der Waals surface area (Å²) in [6.07, 6.45) is -4.62. The number of alkyl halides is 3. The number of hydrogen-bond donors (Lipinski definition) is 0. The highest BCUT2D eigenvalue weighted by atomic mass is 79.9. The fraction of sp³-hybridized carbons (Fsp3) is 0.429. The van der Waals surface area contributed by atoms with Gasteiger partial charge in [-0.2, -0.15) is 18.3 Å². The molecular weight excluding hydrogens is 365 g/mol. The Morgan fingerprint density at radius 3 is 2.50 bits per heavy atom.